The van der Waals surface area contributed by atoms with E-state index in [4.69, 9.17) is 13.6 Å². The first kappa shape index (κ1) is 10.2. The van der Waals surface area contributed by atoms with Crippen molar-refractivity contribution in [2.75, 3.05) is 27.4 Å². The van der Waals surface area contributed by atoms with Crippen molar-refractivity contribution < 1.29 is 13.6 Å². The Bertz CT molecular complexity index is 141. The van der Waals surface area contributed by atoms with Gasteiger partial charge in [0.05, 0.1) is 13.2 Å². The van der Waals surface area contributed by atoms with E-state index in [1.165, 1.54) is 0 Å². The molecule has 1 saturated heterocycles. The van der Waals surface area contributed by atoms with Gasteiger partial charge >= 0.3 is 8.56 Å². The van der Waals surface area contributed by atoms with Crippen molar-refractivity contribution in [3.63, 3.8) is 0 Å². The van der Waals surface area contributed by atoms with Gasteiger partial charge in [0, 0.05) is 19.8 Å². The quantitative estimate of drug-likeness (QED) is 0.629. The first-order valence-electron chi connectivity index (χ1n) is 4.35. The van der Waals surface area contributed by atoms with E-state index in [1.807, 2.05) is 0 Å². The highest BCUT2D eigenvalue weighted by atomic mass is 28.4. The molecule has 0 spiro atoms. The third-order valence-electron chi connectivity index (χ3n) is 2.65. The molecule has 4 heteroatoms. The summed E-state index contributed by atoms with van der Waals surface area (Å²) in [7, 11) is 1.55. The van der Waals surface area contributed by atoms with Gasteiger partial charge in [-0.3, -0.25) is 0 Å². The Morgan fingerprint density at radius 1 is 1.25 bits per heavy atom. The van der Waals surface area contributed by atoms with Gasteiger partial charge in [-0.2, -0.15) is 0 Å². The first-order chi connectivity index (χ1) is 5.67. The van der Waals surface area contributed by atoms with Crippen LogP contribution in [0.4, 0.5) is 0 Å². The highest BCUT2D eigenvalue weighted by Gasteiger charge is 2.50. The molecular weight excluding hydrogens is 172 g/mol. The molecule has 3 nitrogen and oxygen atoms in total. The van der Waals surface area contributed by atoms with Gasteiger partial charge in [-0.1, -0.05) is 13.8 Å². The van der Waals surface area contributed by atoms with Crippen molar-refractivity contribution in [3.05, 3.63) is 0 Å². The van der Waals surface area contributed by atoms with Crippen LogP contribution < -0.4 is 0 Å². The fourth-order valence-electron chi connectivity index (χ4n) is 1.83. The van der Waals surface area contributed by atoms with Crippen LogP contribution in [-0.2, 0) is 13.6 Å². The first-order valence-corrected chi connectivity index (χ1v) is 6.32. The molecule has 0 amide bonds. The van der Waals surface area contributed by atoms with Crippen LogP contribution in [0.3, 0.4) is 0 Å². The summed E-state index contributed by atoms with van der Waals surface area (Å²) >= 11 is 0. The average Bonchev–Trinajstić information content (AvgIpc) is 1.95. The maximum absolute atomic E-state index is 5.59. The number of hydrogen-bond acceptors (Lipinski definition) is 3. The molecule has 0 aromatic heterocycles. The molecule has 72 valence electrons. The van der Waals surface area contributed by atoms with E-state index in [1.54, 1.807) is 14.2 Å². The van der Waals surface area contributed by atoms with Gasteiger partial charge in [0.25, 0.3) is 0 Å². The Kier molecular flexibility index (Phi) is 3.28. The summed E-state index contributed by atoms with van der Waals surface area (Å²) in [6.07, 6.45) is 0. The summed E-state index contributed by atoms with van der Waals surface area (Å²) in [5.74, 6) is 0. The lowest BCUT2D eigenvalue weighted by Gasteiger charge is -2.42. The lowest BCUT2D eigenvalue weighted by molar-refractivity contribution is 0.0110. The fourth-order valence-corrected chi connectivity index (χ4v) is 5.25. The molecule has 0 N–H and O–H groups in total. The smallest absolute Gasteiger partial charge is 0.348 e. The molecule has 1 rings (SSSR count). The molecule has 0 aliphatic carbocycles. The minimum absolute atomic E-state index is 0.487. The van der Waals surface area contributed by atoms with Crippen molar-refractivity contribution >= 4 is 8.56 Å². The van der Waals surface area contributed by atoms with Gasteiger partial charge < -0.3 is 13.6 Å². The number of rotatable bonds is 4. The van der Waals surface area contributed by atoms with Crippen LogP contribution in [0, 0.1) is 0 Å². The Labute approximate surface area is 75.3 Å². The van der Waals surface area contributed by atoms with E-state index in [0.29, 0.717) is 11.1 Å². The molecule has 1 heterocycles. The molecule has 0 atom stereocenters. The highest BCUT2D eigenvalue weighted by molar-refractivity contribution is 6.70. The van der Waals surface area contributed by atoms with Gasteiger partial charge in [-0.25, -0.2) is 0 Å². The summed E-state index contributed by atoms with van der Waals surface area (Å²) in [6, 6.07) is 0. The molecule has 0 bridgehead atoms. The maximum atomic E-state index is 5.59. The fraction of sp³-hybridized carbons (Fsp3) is 1.00. The van der Waals surface area contributed by atoms with Crippen molar-refractivity contribution in [1.29, 1.82) is 0 Å². The van der Waals surface area contributed by atoms with Crippen LogP contribution in [0.5, 0.6) is 0 Å². The molecule has 0 unspecified atom stereocenters. The average molecular weight is 190 g/mol. The van der Waals surface area contributed by atoms with E-state index >= 15 is 0 Å². The van der Waals surface area contributed by atoms with E-state index in [2.05, 4.69) is 13.8 Å². The Morgan fingerprint density at radius 2 is 1.75 bits per heavy atom. The zero-order chi connectivity index (χ0) is 9.19. The van der Waals surface area contributed by atoms with Gasteiger partial charge in [0.2, 0.25) is 0 Å². The van der Waals surface area contributed by atoms with Crippen molar-refractivity contribution in [2.24, 2.45) is 0 Å². The number of ether oxygens (including phenoxy) is 1. The summed E-state index contributed by atoms with van der Waals surface area (Å²) in [4.78, 5) is 0. The second-order valence-corrected chi connectivity index (χ2v) is 7.75. The second-order valence-electron chi connectivity index (χ2n) is 3.52. The zero-order valence-corrected chi connectivity index (χ0v) is 9.29. The predicted molar refractivity (Wildman–Crippen MR) is 49.4 cm³/mol. The summed E-state index contributed by atoms with van der Waals surface area (Å²) < 4.78 is 16.3. The van der Waals surface area contributed by atoms with Gasteiger partial charge in [0.15, 0.2) is 0 Å². The Morgan fingerprint density at radius 3 is 1.83 bits per heavy atom. The molecule has 0 aromatic rings. The molecule has 0 saturated carbocycles. The Balaban J connectivity index is 2.67. The summed E-state index contributed by atoms with van der Waals surface area (Å²) in [5, 5.41) is 0. The van der Waals surface area contributed by atoms with Crippen LogP contribution in [0.2, 0.25) is 11.1 Å². The van der Waals surface area contributed by atoms with Crippen LogP contribution >= 0.6 is 0 Å². The van der Waals surface area contributed by atoms with E-state index in [0.717, 1.165) is 13.2 Å². The highest BCUT2D eigenvalue weighted by Crippen LogP contribution is 2.38. The predicted octanol–water partition coefficient (Wildman–Crippen LogP) is 1.53. The molecule has 1 aliphatic rings. The van der Waals surface area contributed by atoms with Crippen LogP contribution in [0.25, 0.3) is 0 Å². The summed E-state index contributed by atoms with van der Waals surface area (Å²) in [6.45, 7) is 5.95. The molecular formula is C8H18O3Si. The summed E-state index contributed by atoms with van der Waals surface area (Å²) in [5.41, 5.74) is 1.01. The van der Waals surface area contributed by atoms with Gasteiger partial charge in [-0.15, -0.1) is 0 Å². The van der Waals surface area contributed by atoms with Crippen LogP contribution in [-0.4, -0.2) is 36.0 Å². The van der Waals surface area contributed by atoms with Gasteiger partial charge in [-0.05, 0) is 5.54 Å². The maximum Gasteiger partial charge on any atom is 0.348 e. The molecule has 12 heavy (non-hydrogen) atoms. The van der Waals surface area contributed by atoms with Crippen molar-refractivity contribution in [3.8, 4) is 0 Å². The lowest BCUT2D eigenvalue weighted by atomic mass is 10.4. The van der Waals surface area contributed by atoms with E-state index in [9.17, 15) is 0 Å². The monoisotopic (exact) mass is 190 g/mol. The third kappa shape index (κ3) is 1.44. The zero-order valence-electron chi connectivity index (χ0n) is 8.29. The van der Waals surface area contributed by atoms with Crippen molar-refractivity contribution in [1.82, 2.24) is 0 Å². The minimum atomic E-state index is -1.96. The van der Waals surface area contributed by atoms with Crippen molar-refractivity contribution in [2.45, 2.75) is 24.9 Å². The minimum Gasteiger partial charge on any atom is -0.397 e. The lowest BCUT2D eigenvalue weighted by Crippen LogP contribution is -2.54. The Hall–Kier alpha value is 0.0969. The molecule has 0 aromatic carbocycles. The molecule has 1 fully saturated rings. The normalized spacial score (nSPS) is 19.8. The molecule has 0 radical (unpaired) electrons. The standard InChI is InChI=1S/C8H18O3Si/c1-7(2)12(9-3,10-4)8-5-11-6-8/h7-8H,5-6H2,1-4H3. The SMILES string of the molecule is CO[Si](OC)(C(C)C)C1COC1. The second kappa shape index (κ2) is 3.87. The van der Waals surface area contributed by atoms with Crippen LogP contribution in [0.15, 0.2) is 0 Å². The topological polar surface area (TPSA) is 27.7 Å². The van der Waals surface area contributed by atoms with Crippen LogP contribution in [0.1, 0.15) is 13.8 Å². The van der Waals surface area contributed by atoms with E-state index < -0.39 is 8.56 Å². The van der Waals surface area contributed by atoms with Gasteiger partial charge in [0.1, 0.15) is 0 Å². The largest absolute Gasteiger partial charge is 0.397 e. The number of hydrogen-bond donors (Lipinski definition) is 0. The van der Waals surface area contributed by atoms with E-state index in [-0.39, 0.29) is 0 Å². The molecule has 1 aliphatic heterocycles. The third-order valence-corrected chi connectivity index (χ3v) is 7.01.